The van der Waals surface area contributed by atoms with E-state index < -0.39 is 11.6 Å². The molecule has 1 amide bonds. The third-order valence-corrected chi connectivity index (χ3v) is 3.27. The van der Waals surface area contributed by atoms with Crippen molar-refractivity contribution in [2.45, 2.75) is 6.92 Å². The highest BCUT2D eigenvalue weighted by molar-refractivity contribution is 6.32. The fourth-order valence-electron chi connectivity index (χ4n) is 1.68. The van der Waals surface area contributed by atoms with Crippen LogP contribution in [-0.2, 0) is 14.3 Å². The summed E-state index contributed by atoms with van der Waals surface area (Å²) in [6.07, 6.45) is -0.761. The van der Waals surface area contributed by atoms with Crippen LogP contribution in [-0.4, -0.2) is 32.4 Å². The van der Waals surface area contributed by atoms with Crippen molar-refractivity contribution >= 4 is 29.4 Å². The minimum absolute atomic E-state index is 0.0262. The maximum atomic E-state index is 12.2. The monoisotopic (exact) mass is 299 g/mol. The molecule has 108 valence electrons. The Morgan fingerprint density at radius 2 is 2.05 bits per heavy atom. The molecule has 6 nitrogen and oxygen atoms in total. The minimum Gasteiger partial charge on any atom is -0.495 e. The first-order chi connectivity index (χ1) is 9.44. The van der Waals surface area contributed by atoms with E-state index in [1.54, 1.807) is 25.1 Å². The fourth-order valence-corrected chi connectivity index (χ4v) is 1.93. The second-order valence-corrected chi connectivity index (χ2v) is 5.10. The zero-order valence-electron chi connectivity index (χ0n) is 11.1. The molecule has 20 heavy (non-hydrogen) atoms. The van der Waals surface area contributed by atoms with Crippen LogP contribution in [0.3, 0.4) is 0 Å². The van der Waals surface area contributed by atoms with Crippen molar-refractivity contribution in [3.63, 3.8) is 0 Å². The average molecular weight is 300 g/mol. The van der Waals surface area contributed by atoms with Crippen LogP contribution >= 0.6 is 11.6 Å². The summed E-state index contributed by atoms with van der Waals surface area (Å²) in [5, 5.41) is 3.10. The quantitative estimate of drug-likeness (QED) is 0.868. The molecule has 7 heteroatoms. The van der Waals surface area contributed by atoms with Gasteiger partial charge < -0.3 is 19.5 Å². The molecule has 0 bridgehead atoms. The number of cyclic esters (lactones) is 2. The van der Waals surface area contributed by atoms with E-state index in [1.807, 2.05) is 0 Å². The van der Waals surface area contributed by atoms with E-state index in [4.69, 9.17) is 25.8 Å². The minimum atomic E-state index is -0.930. The highest BCUT2D eigenvalue weighted by Gasteiger charge is 2.40. The maximum absolute atomic E-state index is 12.2. The normalized spacial score (nSPS) is 16.9. The summed E-state index contributed by atoms with van der Waals surface area (Å²) < 4.78 is 14.5. The SMILES string of the molecule is COc1ccc(NC(=O)C2(C)COC(=O)OC2)cc1Cl. The molecule has 1 saturated heterocycles. The molecule has 1 aliphatic rings. The molecule has 1 aliphatic heterocycles. The van der Waals surface area contributed by atoms with Gasteiger partial charge in [0.05, 0.1) is 12.1 Å². The third-order valence-electron chi connectivity index (χ3n) is 2.98. The van der Waals surface area contributed by atoms with Crippen molar-refractivity contribution in [3.05, 3.63) is 23.2 Å². The number of nitrogens with one attached hydrogen (secondary N) is 1. The maximum Gasteiger partial charge on any atom is 0.508 e. The first kappa shape index (κ1) is 14.5. The van der Waals surface area contributed by atoms with Crippen LogP contribution in [0.15, 0.2) is 18.2 Å². The summed E-state index contributed by atoms with van der Waals surface area (Å²) in [6.45, 7) is 1.60. The number of anilines is 1. The molecular formula is C13H14ClNO5. The summed E-state index contributed by atoms with van der Waals surface area (Å²) in [5.41, 5.74) is -0.403. The van der Waals surface area contributed by atoms with Gasteiger partial charge in [-0.2, -0.15) is 0 Å². The Morgan fingerprint density at radius 1 is 1.40 bits per heavy atom. The van der Waals surface area contributed by atoms with Gasteiger partial charge in [-0.1, -0.05) is 11.6 Å². The van der Waals surface area contributed by atoms with Gasteiger partial charge in [-0.25, -0.2) is 4.79 Å². The molecule has 0 spiro atoms. The highest BCUT2D eigenvalue weighted by atomic mass is 35.5. The average Bonchev–Trinajstić information content (AvgIpc) is 2.42. The summed E-state index contributed by atoms with van der Waals surface area (Å²) in [5.74, 6) is 0.206. The van der Waals surface area contributed by atoms with Gasteiger partial charge in [0.15, 0.2) is 0 Å². The van der Waals surface area contributed by atoms with Crippen molar-refractivity contribution in [1.29, 1.82) is 0 Å². The van der Waals surface area contributed by atoms with Crippen LogP contribution in [0.1, 0.15) is 6.92 Å². The van der Waals surface area contributed by atoms with E-state index in [-0.39, 0.29) is 19.1 Å². The van der Waals surface area contributed by atoms with Gasteiger partial charge in [-0.05, 0) is 25.1 Å². The third kappa shape index (κ3) is 2.96. The van der Waals surface area contributed by atoms with Crippen LogP contribution in [0.25, 0.3) is 0 Å². The van der Waals surface area contributed by atoms with Crippen molar-refractivity contribution in [1.82, 2.24) is 0 Å². The molecule has 0 unspecified atom stereocenters. The fraction of sp³-hybridized carbons (Fsp3) is 0.385. The number of methoxy groups -OCH3 is 1. The number of amides is 1. The second kappa shape index (κ2) is 5.58. The highest BCUT2D eigenvalue weighted by Crippen LogP contribution is 2.29. The number of benzene rings is 1. The van der Waals surface area contributed by atoms with Gasteiger partial charge in [-0.3, -0.25) is 4.79 Å². The standard InChI is InChI=1S/C13H14ClNO5/c1-13(6-19-12(17)20-7-13)11(16)15-8-3-4-10(18-2)9(14)5-8/h3-5H,6-7H2,1-2H3,(H,15,16). The lowest BCUT2D eigenvalue weighted by Gasteiger charge is -2.30. The van der Waals surface area contributed by atoms with Gasteiger partial charge in [0.1, 0.15) is 24.4 Å². The molecule has 0 aliphatic carbocycles. The van der Waals surface area contributed by atoms with Gasteiger partial charge in [0.2, 0.25) is 5.91 Å². The number of halogens is 1. The number of hydrogen-bond donors (Lipinski definition) is 1. The van der Waals surface area contributed by atoms with E-state index in [0.29, 0.717) is 16.5 Å². The molecule has 0 radical (unpaired) electrons. The van der Waals surface area contributed by atoms with Crippen molar-refractivity contribution in [3.8, 4) is 5.75 Å². The Hall–Kier alpha value is -1.95. The number of ether oxygens (including phenoxy) is 3. The van der Waals surface area contributed by atoms with E-state index >= 15 is 0 Å². The smallest absolute Gasteiger partial charge is 0.495 e. The number of hydrogen-bond acceptors (Lipinski definition) is 5. The predicted molar refractivity (Wildman–Crippen MR) is 72.0 cm³/mol. The summed E-state index contributed by atoms with van der Waals surface area (Å²) in [7, 11) is 1.51. The van der Waals surface area contributed by atoms with Crippen molar-refractivity contribution in [2.24, 2.45) is 5.41 Å². The van der Waals surface area contributed by atoms with Crippen molar-refractivity contribution in [2.75, 3.05) is 25.6 Å². The number of carbonyl (C=O) groups excluding carboxylic acids is 2. The summed E-state index contributed by atoms with van der Waals surface area (Å²) >= 11 is 5.98. The molecule has 0 saturated carbocycles. The molecular weight excluding hydrogens is 286 g/mol. The summed E-state index contributed by atoms with van der Waals surface area (Å²) in [6, 6.07) is 4.90. The van der Waals surface area contributed by atoms with Gasteiger partial charge in [-0.15, -0.1) is 0 Å². The molecule has 0 atom stereocenters. The summed E-state index contributed by atoms with van der Waals surface area (Å²) in [4.78, 5) is 23.0. The Bertz CT molecular complexity index is 536. The molecule has 1 aromatic carbocycles. The van der Waals surface area contributed by atoms with Crippen LogP contribution in [0.4, 0.5) is 10.5 Å². The first-order valence-corrected chi connectivity index (χ1v) is 6.27. The molecule has 2 rings (SSSR count). The van der Waals surface area contributed by atoms with Gasteiger partial charge >= 0.3 is 6.16 Å². The molecule has 1 heterocycles. The number of carbonyl (C=O) groups is 2. The first-order valence-electron chi connectivity index (χ1n) is 5.89. The zero-order valence-corrected chi connectivity index (χ0v) is 11.8. The largest absolute Gasteiger partial charge is 0.508 e. The Labute approximate surface area is 120 Å². The van der Waals surface area contributed by atoms with E-state index in [2.05, 4.69) is 5.32 Å². The van der Waals surface area contributed by atoms with E-state index in [9.17, 15) is 9.59 Å². The zero-order chi connectivity index (χ0) is 14.8. The Balaban J connectivity index is 2.07. The Kier molecular flexibility index (Phi) is 4.04. The molecule has 1 aromatic rings. The second-order valence-electron chi connectivity index (χ2n) is 4.69. The topological polar surface area (TPSA) is 73.9 Å². The van der Waals surface area contributed by atoms with Gasteiger partial charge in [0.25, 0.3) is 0 Å². The van der Waals surface area contributed by atoms with Crippen LogP contribution in [0.5, 0.6) is 5.75 Å². The van der Waals surface area contributed by atoms with Crippen LogP contribution < -0.4 is 10.1 Å². The molecule has 0 aromatic heterocycles. The van der Waals surface area contributed by atoms with Crippen LogP contribution in [0.2, 0.25) is 5.02 Å². The van der Waals surface area contributed by atoms with E-state index in [0.717, 1.165) is 0 Å². The predicted octanol–water partition coefficient (Wildman–Crippen LogP) is 2.46. The number of rotatable bonds is 3. The van der Waals surface area contributed by atoms with Gasteiger partial charge in [0, 0.05) is 5.69 Å². The lowest BCUT2D eigenvalue weighted by molar-refractivity contribution is -0.135. The van der Waals surface area contributed by atoms with Crippen LogP contribution in [0, 0.1) is 5.41 Å². The lowest BCUT2D eigenvalue weighted by Crippen LogP contribution is -2.46. The van der Waals surface area contributed by atoms with E-state index in [1.165, 1.54) is 7.11 Å². The molecule has 1 fully saturated rings. The lowest BCUT2D eigenvalue weighted by atomic mass is 9.91. The van der Waals surface area contributed by atoms with Crippen molar-refractivity contribution < 1.29 is 23.8 Å². The molecule has 1 N–H and O–H groups in total. The Morgan fingerprint density at radius 3 is 2.60 bits per heavy atom.